The highest BCUT2D eigenvalue weighted by Gasteiger charge is 2.58. The summed E-state index contributed by atoms with van der Waals surface area (Å²) in [6.07, 6.45) is 2.59. The predicted molar refractivity (Wildman–Crippen MR) is 83.6 cm³/mol. The van der Waals surface area contributed by atoms with E-state index >= 15 is 0 Å². The minimum atomic E-state index is -0.586. The van der Waals surface area contributed by atoms with Crippen LogP contribution >= 0.6 is 0 Å². The Hall–Kier alpha value is -2.04. The molecule has 3 aliphatic rings. The number of urea groups is 1. The summed E-state index contributed by atoms with van der Waals surface area (Å²) in [4.78, 5) is 31.0. The van der Waals surface area contributed by atoms with Crippen LogP contribution in [0.3, 0.4) is 0 Å². The Morgan fingerprint density at radius 2 is 1.91 bits per heavy atom. The van der Waals surface area contributed by atoms with Crippen molar-refractivity contribution in [1.29, 1.82) is 0 Å². The lowest BCUT2D eigenvalue weighted by Gasteiger charge is -2.24. The van der Waals surface area contributed by atoms with Gasteiger partial charge in [0.2, 0.25) is 0 Å². The lowest BCUT2D eigenvalue weighted by molar-refractivity contribution is -0.133. The van der Waals surface area contributed by atoms with Gasteiger partial charge in [0.25, 0.3) is 5.91 Å². The summed E-state index contributed by atoms with van der Waals surface area (Å²) in [5.41, 5.74) is 0.577. The fourth-order valence-corrected chi connectivity index (χ4v) is 4.12. The zero-order valence-corrected chi connectivity index (χ0v) is 12.9. The van der Waals surface area contributed by atoms with Crippen LogP contribution in [0.15, 0.2) is 30.3 Å². The van der Waals surface area contributed by atoms with Crippen LogP contribution in [0.25, 0.3) is 0 Å². The third-order valence-corrected chi connectivity index (χ3v) is 5.41. The molecule has 1 aromatic rings. The maximum atomic E-state index is 12.8. The molecule has 3 amide bonds. The van der Waals surface area contributed by atoms with E-state index < -0.39 is 5.54 Å². The van der Waals surface area contributed by atoms with Crippen molar-refractivity contribution in [3.05, 3.63) is 30.3 Å². The average Bonchev–Trinajstić information content (AvgIpc) is 3.19. The normalized spacial score (nSPS) is 31.3. The average molecular weight is 299 g/mol. The Labute approximate surface area is 130 Å². The molecule has 5 heteroatoms. The first-order chi connectivity index (χ1) is 10.6. The lowest BCUT2D eigenvalue weighted by atomic mass is 9.99. The molecule has 4 rings (SSSR count). The third-order valence-electron chi connectivity index (χ3n) is 5.41. The van der Waals surface area contributed by atoms with Gasteiger partial charge in [0.05, 0.1) is 6.04 Å². The molecule has 0 saturated carbocycles. The lowest BCUT2D eigenvalue weighted by Crippen LogP contribution is -2.45. The van der Waals surface area contributed by atoms with E-state index in [1.807, 2.05) is 25.1 Å². The van der Waals surface area contributed by atoms with Gasteiger partial charge in [-0.3, -0.25) is 9.69 Å². The summed E-state index contributed by atoms with van der Waals surface area (Å²) in [7, 11) is 0. The molecule has 0 radical (unpaired) electrons. The molecule has 0 aromatic heterocycles. The van der Waals surface area contributed by atoms with E-state index in [1.165, 1.54) is 0 Å². The summed E-state index contributed by atoms with van der Waals surface area (Å²) in [5, 5.41) is 0. The Morgan fingerprint density at radius 3 is 2.64 bits per heavy atom. The predicted octanol–water partition coefficient (Wildman–Crippen LogP) is 2.08. The maximum Gasteiger partial charge on any atom is 0.327 e. The maximum absolute atomic E-state index is 12.8. The fourth-order valence-electron chi connectivity index (χ4n) is 4.12. The Kier molecular flexibility index (Phi) is 2.93. The molecular formula is C17H21N3O2. The molecule has 0 N–H and O–H groups in total. The van der Waals surface area contributed by atoms with Gasteiger partial charge in [-0.2, -0.15) is 0 Å². The topological polar surface area (TPSA) is 43.9 Å². The number of benzene rings is 1. The summed E-state index contributed by atoms with van der Waals surface area (Å²) in [5.74, 6) is 0.00918. The molecule has 0 bridgehead atoms. The molecule has 0 aliphatic carbocycles. The molecule has 1 aromatic carbocycles. The molecule has 3 heterocycles. The van der Waals surface area contributed by atoms with Crippen LogP contribution in [0, 0.1) is 0 Å². The van der Waals surface area contributed by atoms with Gasteiger partial charge in [-0.1, -0.05) is 18.2 Å². The molecule has 0 spiro atoms. The molecule has 3 aliphatic heterocycles. The van der Waals surface area contributed by atoms with Crippen molar-refractivity contribution in [2.24, 2.45) is 0 Å². The van der Waals surface area contributed by atoms with Crippen LogP contribution < -0.4 is 4.90 Å². The number of hydrogen-bond donors (Lipinski definition) is 0. The second-order valence-corrected chi connectivity index (χ2v) is 6.71. The van der Waals surface area contributed by atoms with Crippen molar-refractivity contribution in [1.82, 2.24) is 9.80 Å². The van der Waals surface area contributed by atoms with Gasteiger partial charge in [0.15, 0.2) is 0 Å². The number of anilines is 1. The van der Waals surface area contributed by atoms with Crippen LogP contribution in [0.2, 0.25) is 0 Å². The Morgan fingerprint density at radius 1 is 1.14 bits per heavy atom. The molecule has 1 unspecified atom stereocenters. The first-order valence-electron chi connectivity index (χ1n) is 8.06. The van der Waals surface area contributed by atoms with E-state index in [0.717, 1.165) is 38.0 Å². The number of amides is 3. The second-order valence-electron chi connectivity index (χ2n) is 6.71. The molecule has 5 nitrogen and oxygen atoms in total. The Bertz CT molecular complexity index is 618. The largest absolute Gasteiger partial charge is 0.369 e. The summed E-state index contributed by atoms with van der Waals surface area (Å²) >= 11 is 0. The highest BCUT2D eigenvalue weighted by Crippen LogP contribution is 2.39. The quantitative estimate of drug-likeness (QED) is 0.785. The highest BCUT2D eigenvalue weighted by molar-refractivity contribution is 6.07. The number of carbonyl (C=O) groups excluding carboxylic acids is 2. The Balaban J connectivity index is 1.54. The number of carbonyl (C=O) groups is 2. The highest BCUT2D eigenvalue weighted by atomic mass is 16.2. The van der Waals surface area contributed by atoms with E-state index in [1.54, 1.807) is 9.80 Å². The van der Waals surface area contributed by atoms with Gasteiger partial charge in [0, 0.05) is 25.3 Å². The van der Waals surface area contributed by atoms with Crippen molar-refractivity contribution in [2.75, 3.05) is 24.5 Å². The van der Waals surface area contributed by atoms with Crippen molar-refractivity contribution >= 4 is 17.6 Å². The van der Waals surface area contributed by atoms with Gasteiger partial charge in [-0.25, -0.2) is 4.79 Å². The summed E-state index contributed by atoms with van der Waals surface area (Å²) in [6.45, 7) is 4.27. The van der Waals surface area contributed by atoms with Crippen LogP contribution in [0.1, 0.15) is 26.2 Å². The molecule has 2 atom stereocenters. The molecule has 22 heavy (non-hydrogen) atoms. The monoisotopic (exact) mass is 299 g/mol. The number of imide groups is 1. The summed E-state index contributed by atoms with van der Waals surface area (Å²) < 4.78 is 0. The van der Waals surface area contributed by atoms with Crippen molar-refractivity contribution in [3.8, 4) is 0 Å². The van der Waals surface area contributed by atoms with Crippen LogP contribution in [0.4, 0.5) is 10.5 Å². The molecule has 116 valence electrons. The molecule has 3 fully saturated rings. The first-order valence-corrected chi connectivity index (χ1v) is 8.06. The smallest absolute Gasteiger partial charge is 0.327 e. The van der Waals surface area contributed by atoms with Gasteiger partial charge >= 0.3 is 6.03 Å². The number of hydrogen-bond acceptors (Lipinski definition) is 3. The van der Waals surface area contributed by atoms with Crippen LogP contribution in [-0.4, -0.2) is 53.0 Å². The molecular weight excluding hydrogens is 278 g/mol. The third kappa shape index (κ3) is 1.77. The van der Waals surface area contributed by atoms with Crippen LogP contribution in [0.5, 0.6) is 0 Å². The van der Waals surface area contributed by atoms with E-state index in [0.29, 0.717) is 6.54 Å². The van der Waals surface area contributed by atoms with Crippen molar-refractivity contribution in [2.45, 2.75) is 37.8 Å². The van der Waals surface area contributed by atoms with Gasteiger partial charge in [-0.05, 0) is 38.3 Å². The number of fused-ring (bicyclic) bond motifs is 1. The zero-order valence-electron chi connectivity index (χ0n) is 12.9. The van der Waals surface area contributed by atoms with Gasteiger partial charge in [0.1, 0.15) is 5.54 Å². The second kappa shape index (κ2) is 4.73. The van der Waals surface area contributed by atoms with E-state index in [2.05, 4.69) is 17.0 Å². The minimum Gasteiger partial charge on any atom is -0.369 e. The van der Waals surface area contributed by atoms with Gasteiger partial charge in [-0.15, -0.1) is 0 Å². The number of rotatable bonds is 2. The summed E-state index contributed by atoms with van der Waals surface area (Å²) in [6, 6.07) is 10.1. The molecule has 3 saturated heterocycles. The van der Waals surface area contributed by atoms with E-state index in [4.69, 9.17) is 0 Å². The van der Waals surface area contributed by atoms with Crippen molar-refractivity contribution < 1.29 is 9.59 Å². The number of nitrogens with zero attached hydrogens (tertiary/aromatic N) is 3. The minimum absolute atomic E-state index is 0.00244. The van der Waals surface area contributed by atoms with E-state index in [-0.39, 0.29) is 18.0 Å². The van der Waals surface area contributed by atoms with Crippen LogP contribution in [-0.2, 0) is 4.79 Å². The van der Waals surface area contributed by atoms with Crippen molar-refractivity contribution in [3.63, 3.8) is 0 Å². The number of para-hydroxylation sites is 1. The fraction of sp³-hybridized carbons (Fsp3) is 0.529. The first kappa shape index (κ1) is 13.6. The zero-order chi connectivity index (χ0) is 15.3. The van der Waals surface area contributed by atoms with Gasteiger partial charge < -0.3 is 9.80 Å². The van der Waals surface area contributed by atoms with E-state index in [9.17, 15) is 9.59 Å². The standard InChI is InChI=1S/C17H21N3O2/c1-17-9-5-10-19(17)16(22)20(15(17)21)14-8-11-18(12-14)13-6-3-2-4-7-13/h2-4,6-7,14H,5,8-12H2,1H3/t14?,17-/m0/s1. The SMILES string of the molecule is C[C@@]12CCCN1C(=O)N(C1CCN(c3ccccc3)C1)C2=O.